The lowest BCUT2D eigenvalue weighted by molar-refractivity contribution is 0.262. The van der Waals surface area contributed by atoms with E-state index in [1.165, 1.54) is 19.3 Å². The molecule has 0 aromatic carbocycles. The molecule has 3 unspecified atom stereocenters. The summed E-state index contributed by atoms with van der Waals surface area (Å²) in [4.78, 5) is 0. The molecule has 0 heterocycles. The fourth-order valence-corrected chi connectivity index (χ4v) is 2.17. The van der Waals surface area contributed by atoms with Crippen LogP contribution < -0.4 is 5.73 Å². The van der Waals surface area contributed by atoms with Gasteiger partial charge in [-0.3, -0.25) is 0 Å². The van der Waals surface area contributed by atoms with Gasteiger partial charge >= 0.3 is 0 Å². The van der Waals surface area contributed by atoms with E-state index in [1.54, 1.807) is 0 Å². The third-order valence-corrected chi connectivity index (χ3v) is 2.99. The van der Waals surface area contributed by atoms with Crippen LogP contribution in [0.15, 0.2) is 0 Å². The van der Waals surface area contributed by atoms with Crippen LogP contribution in [0.4, 0.5) is 0 Å². The van der Waals surface area contributed by atoms with E-state index in [0.717, 1.165) is 11.8 Å². The minimum Gasteiger partial charge on any atom is -0.328 e. The summed E-state index contributed by atoms with van der Waals surface area (Å²) in [6.45, 7) is 11.3. The SMILES string of the molecule is CCCC(C)CC(C(C)C)C(C)N. The molecule has 0 aliphatic rings. The highest BCUT2D eigenvalue weighted by Gasteiger charge is 2.19. The molecule has 2 N–H and O–H groups in total. The van der Waals surface area contributed by atoms with Gasteiger partial charge in [-0.2, -0.15) is 0 Å². The van der Waals surface area contributed by atoms with Crippen LogP contribution in [0, 0.1) is 17.8 Å². The Morgan fingerprint density at radius 2 is 1.62 bits per heavy atom. The second kappa shape index (κ2) is 6.42. The van der Waals surface area contributed by atoms with Gasteiger partial charge in [0.1, 0.15) is 0 Å². The fraction of sp³-hybridized carbons (Fsp3) is 1.00. The molecule has 0 bridgehead atoms. The van der Waals surface area contributed by atoms with Crippen molar-refractivity contribution in [3.63, 3.8) is 0 Å². The molecule has 0 radical (unpaired) electrons. The highest BCUT2D eigenvalue weighted by Crippen LogP contribution is 2.24. The maximum Gasteiger partial charge on any atom is 0.00413 e. The third kappa shape index (κ3) is 5.30. The first-order chi connectivity index (χ1) is 5.99. The van der Waals surface area contributed by atoms with Crippen molar-refractivity contribution in [3.05, 3.63) is 0 Å². The van der Waals surface area contributed by atoms with Crippen LogP contribution in [0.25, 0.3) is 0 Å². The molecule has 1 heteroatoms. The molecule has 0 aromatic rings. The predicted octanol–water partition coefficient (Wildman–Crippen LogP) is 3.43. The van der Waals surface area contributed by atoms with E-state index < -0.39 is 0 Å². The molecule has 0 rings (SSSR count). The Morgan fingerprint density at radius 1 is 1.08 bits per heavy atom. The molecule has 0 aromatic heterocycles. The third-order valence-electron chi connectivity index (χ3n) is 2.99. The minimum atomic E-state index is 0.347. The maximum absolute atomic E-state index is 5.98. The van der Waals surface area contributed by atoms with E-state index >= 15 is 0 Å². The zero-order valence-electron chi connectivity index (χ0n) is 10.0. The summed E-state index contributed by atoms with van der Waals surface area (Å²) in [6, 6.07) is 0.347. The number of rotatable bonds is 6. The summed E-state index contributed by atoms with van der Waals surface area (Å²) in [7, 11) is 0. The minimum absolute atomic E-state index is 0.347. The van der Waals surface area contributed by atoms with Crippen LogP contribution in [0.5, 0.6) is 0 Å². The molecule has 13 heavy (non-hydrogen) atoms. The molecule has 3 atom stereocenters. The summed E-state index contributed by atoms with van der Waals surface area (Å²) in [5, 5.41) is 0. The van der Waals surface area contributed by atoms with Gasteiger partial charge in [-0.25, -0.2) is 0 Å². The largest absolute Gasteiger partial charge is 0.328 e. The van der Waals surface area contributed by atoms with Gasteiger partial charge in [0.15, 0.2) is 0 Å². The van der Waals surface area contributed by atoms with Crippen molar-refractivity contribution >= 4 is 0 Å². The Bertz CT molecular complexity index is 110. The Morgan fingerprint density at radius 3 is 1.92 bits per heavy atom. The quantitative estimate of drug-likeness (QED) is 0.674. The molecular formula is C12H27N. The van der Waals surface area contributed by atoms with Crippen LogP contribution in [0.1, 0.15) is 53.9 Å². The summed E-state index contributed by atoms with van der Waals surface area (Å²) in [5.41, 5.74) is 5.98. The van der Waals surface area contributed by atoms with Gasteiger partial charge < -0.3 is 5.73 Å². The fourth-order valence-electron chi connectivity index (χ4n) is 2.17. The monoisotopic (exact) mass is 185 g/mol. The van der Waals surface area contributed by atoms with Crippen molar-refractivity contribution < 1.29 is 0 Å². The molecular weight excluding hydrogens is 158 g/mol. The van der Waals surface area contributed by atoms with Gasteiger partial charge in [0.05, 0.1) is 0 Å². The summed E-state index contributed by atoms with van der Waals surface area (Å²) >= 11 is 0. The molecule has 0 aliphatic carbocycles. The van der Waals surface area contributed by atoms with Crippen LogP contribution in [-0.2, 0) is 0 Å². The first kappa shape index (κ1) is 13.0. The van der Waals surface area contributed by atoms with E-state index in [1.807, 2.05) is 0 Å². The summed E-state index contributed by atoms with van der Waals surface area (Å²) in [5.74, 6) is 2.25. The van der Waals surface area contributed by atoms with Crippen molar-refractivity contribution in [2.24, 2.45) is 23.5 Å². The van der Waals surface area contributed by atoms with Crippen LogP contribution >= 0.6 is 0 Å². The van der Waals surface area contributed by atoms with Gasteiger partial charge in [0.2, 0.25) is 0 Å². The van der Waals surface area contributed by atoms with E-state index in [-0.39, 0.29) is 0 Å². The van der Waals surface area contributed by atoms with Crippen molar-refractivity contribution in [2.45, 2.75) is 59.9 Å². The van der Waals surface area contributed by atoms with E-state index in [9.17, 15) is 0 Å². The average Bonchev–Trinajstić information content (AvgIpc) is 1.99. The van der Waals surface area contributed by atoms with Crippen molar-refractivity contribution in [1.82, 2.24) is 0 Å². The Hall–Kier alpha value is -0.0400. The molecule has 0 saturated heterocycles. The molecule has 80 valence electrons. The predicted molar refractivity (Wildman–Crippen MR) is 60.7 cm³/mol. The van der Waals surface area contributed by atoms with Crippen molar-refractivity contribution in [2.75, 3.05) is 0 Å². The first-order valence-electron chi connectivity index (χ1n) is 5.74. The highest BCUT2D eigenvalue weighted by atomic mass is 14.6. The topological polar surface area (TPSA) is 26.0 Å². The number of hydrogen-bond donors (Lipinski definition) is 1. The average molecular weight is 185 g/mol. The zero-order valence-corrected chi connectivity index (χ0v) is 10.0. The van der Waals surface area contributed by atoms with Gasteiger partial charge in [-0.15, -0.1) is 0 Å². The Kier molecular flexibility index (Phi) is 6.40. The standard InChI is InChI=1S/C12H27N/c1-6-7-10(4)8-12(9(2)3)11(5)13/h9-12H,6-8,13H2,1-5H3. The lowest BCUT2D eigenvalue weighted by Gasteiger charge is -2.27. The maximum atomic E-state index is 5.98. The zero-order chi connectivity index (χ0) is 10.4. The molecule has 0 aliphatic heterocycles. The Balaban J connectivity index is 3.94. The van der Waals surface area contributed by atoms with E-state index in [2.05, 4.69) is 34.6 Å². The van der Waals surface area contributed by atoms with Gasteiger partial charge in [0.25, 0.3) is 0 Å². The normalized spacial score (nSPS) is 18.7. The lowest BCUT2D eigenvalue weighted by Crippen LogP contribution is -2.31. The molecule has 0 fully saturated rings. The van der Waals surface area contributed by atoms with Crippen LogP contribution in [0.3, 0.4) is 0 Å². The molecule has 0 amide bonds. The van der Waals surface area contributed by atoms with Gasteiger partial charge in [0, 0.05) is 6.04 Å². The molecule has 1 nitrogen and oxygen atoms in total. The lowest BCUT2D eigenvalue weighted by atomic mass is 9.81. The summed E-state index contributed by atoms with van der Waals surface area (Å²) < 4.78 is 0. The molecule has 0 saturated carbocycles. The summed E-state index contributed by atoms with van der Waals surface area (Å²) in [6.07, 6.45) is 3.93. The van der Waals surface area contributed by atoms with Crippen LogP contribution in [0.2, 0.25) is 0 Å². The van der Waals surface area contributed by atoms with E-state index in [0.29, 0.717) is 12.0 Å². The van der Waals surface area contributed by atoms with Gasteiger partial charge in [-0.1, -0.05) is 40.5 Å². The van der Waals surface area contributed by atoms with Crippen molar-refractivity contribution in [1.29, 1.82) is 0 Å². The second-order valence-corrected chi connectivity index (χ2v) is 4.90. The second-order valence-electron chi connectivity index (χ2n) is 4.90. The number of nitrogens with two attached hydrogens (primary N) is 1. The van der Waals surface area contributed by atoms with E-state index in [4.69, 9.17) is 5.73 Å². The van der Waals surface area contributed by atoms with Gasteiger partial charge in [-0.05, 0) is 31.1 Å². The molecule has 0 spiro atoms. The Labute approximate surface area is 84.1 Å². The first-order valence-corrected chi connectivity index (χ1v) is 5.74. The van der Waals surface area contributed by atoms with Crippen LogP contribution in [-0.4, -0.2) is 6.04 Å². The number of hydrogen-bond acceptors (Lipinski definition) is 1. The smallest absolute Gasteiger partial charge is 0.00413 e. The highest BCUT2D eigenvalue weighted by molar-refractivity contribution is 4.73. The van der Waals surface area contributed by atoms with Crippen molar-refractivity contribution in [3.8, 4) is 0 Å².